The summed E-state index contributed by atoms with van der Waals surface area (Å²) in [6.45, 7) is 5.52. The average Bonchev–Trinajstić information content (AvgIpc) is 3.25. The first-order chi connectivity index (χ1) is 15.2. The van der Waals surface area contributed by atoms with Gasteiger partial charge in [0.2, 0.25) is 11.8 Å². The van der Waals surface area contributed by atoms with Crippen LogP contribution in [0.3, 0.4) is 0 Å². The molecule has 31 heavy (non-hydrogen) atoms. The Hall–Kier alpha value is -3.28. The van der Waals surface area contributed by atoms with Crippen molar-refractivity contribution in [1.82, 2.24) is 9.88 Å². The monoisotopic (exact) mass is 418 g/mol. The molecule has 0 saturated carbocycles. The lowest BCUT2D eigenvalue weighted by atomic mass is 10.1. The number of hydrogen-bond donors (Lipinski definition) is 0. The van der Waals surface area contributed by atoms with Gasteiger partial charge in [-0.1, -0.05) is 55.5 Å². The third kappa shape index (κ3) is 4.90. The van der Waals surface area contributed by atoms with Gasteiger partial charge in [-0.2, -0.15) is 0 Å². The minimum Gasteiger partial charge on any atom is -0.424 e. The van der Waals surface area contributed by atoms with E-state index >= 15 is 0 Å². The summed E-state index contributed by atoms with van der Waals surface area (Å²) < 4.78 is 6.07. The molecule has 1 amide bonds. The van der Waals surface area contributed by atoms with Crippen LogP contribution in [-0.4, -0.2) is 55.6 Å². The van der Waals surface area contributed by atoms with E-state index in [-0.39, 0.29) is 12.5 Å². The molecule has 0 spiro atoms. The topological polar surface area (TPSA) is 52.8 Å². The first-order valence-electron chi connectivity index (χ1n) is 11.0. The van der Waals surface area contributed by atoms with Gasteiger partial charge in [0.15, 0.2) is 5.89 Å². The van der Waals surface area contributed by atoms with Crippen LogP contribution < -0.4 is 9.80 Å². The van der Waals surface area contributed by atoms with E-state index in [1.54, 1.807) is 0 Å². The van der Waals surface area contributed by atoms with Gasteiger partial charge in [0.25, 0.3) is 0 Å². The molecule has 1 fully saturated rings. The van der Waals surface area contributed by atoms with Gasteiger partial charge in [0.05, 0.1) is 6.54 Å². The summed E-state index contributed by atoms with van der Waals surface area (Å²) in [6.07, 6.45) is 1.74. The van der Waals surface area contributed by atoms with Gasteiger partial charge in [0, 0.05) is 50.9 Å². The van der Waals surface area contributed by atoms with Crippen molar-refractivity contribution in [2.24, 2.45) is 0 Å². The number of carbonyl (C=O) groups excluding carboxylic acids is 1. The number of benzene rings is 2. The third-order valence-corrected chi connectivity index (χ3v) is 5.64. The van der Waals surface area contributed by atoms with Crippen LogP contribution in [0.5, 0.6) is 0 Å². The number of rotatable bonds is 7. The van der Waals surface area contributed by atoms with Gasteiger partial charge in [-0.05, 0) is 18.6 Å². The molecule has 0 aliphatic carbocycles. The molecule has 0 atom stereocenters. The second-order valence-corrected chi connectivity index (χ2v) is 7.94. The van der Waals surface area contributed by atoms with E-state index in [1.807, 2.05) is 53.2 Å². The zero-order valence-electron chi connectivity index (χ0n) is 18.3. The molecule has 162 valence electrons. The highest BCUT2D eigenvalue weighted by atomic mass is 16.4. The normalized spacial score (nSPS) is 14.0. The number of piperazine rings is 1. The maximum absolute atomic E-state index is 13.0. The zero-order chi connectivity index (χ0) is 21.6. The molecule has 2 heterocycles. The first-order valence-corrected chi connectivity index (χ1v) is 11.0. The van der Waals surface area contributed by atoms with E-state index in [0.717, 1.165) is 50.3 Å². The second-order valence-electron chi connectivity index (χ2n) is 7.94. The van der Waals surface area contributed by atoms with Crippen LogP contribution in [0.1, 0.15) is 19.2 Å². The number of likely N-dealkylation sites (N-methyl/N-ethyl adjacent to an activating group) is 1. The van der Waals surface area contributed by atoms with E-state index in [9.17, 15) is 4.79 Å². The predicted molar refractivity (Wildman–Crippen MR) is 124 cm³/mol. The number of aryl methyl sites for hydroxylation is 1. The molecular formula is C25H30N4O2. The van der Waals surface area contributed by atoms with Crippen molar-refractivity contribution in [3.8, 4) is 11.3 Å². The summed E-state index contributed by atoms with van der Waals surface area (Å²) in [7, 11) is 1.90. The predicted octanol–water partition coefficient (Wildman–Crippen LogP) is 4.08. The van der Waals surface area contributed by atoms with E-state index < -0.39 is 0 Å². The Labute approximate surface area is 184 Å². The average molecular weight is 419 g/mol. The van der Waals surface area contributed by atoms with Gasteiger partial charge in [-0.15, -0.1) is 0 Å². The number of anilines is 2. The summed E-state index contributed by atoms with van der Waals surface area (Å²) >= 11 is 0. The van der Waals surface area contributed by atoms with Crippen molar-refractivity contribution in [3.63, 3.8) is 0 Å². The molecular weight excluding hydrogens is 388 g/mol. The molecule has 0 unspecified atom stereocenters. The van der Waals surface area contributed by atoms with Crippen molar-refractivity contribution in [2.75, 3.05) is 49.6 Å². The molecule has 1 aliphatic rings. The lowest BCUT2D eigenvalue weighted by molar-refractivity contribution is -0.130. The van der Waals surface area contributed by atoms with Crippen molar-refractivity contribution >= 4 is 17.5 Å². The lowest BCUT2D eigenvalue weighted by Crippen LogP contribution is -2.51. The van der Waals surface area contributed by atoms with Gasteiger partial charge < -0.3 is 19.1 Å². The van der Waals surface area contributed by atoms with Crippen molar-refractivity contribution in [2.45, 2.75) is 19.8 Å². The minimum absolute atomic E-state index is 0.114. The molecule has 6 heteroatoms. The molecule has 4 rings (SSSR count). The van der Waals surface area contributed by atoms with Gasteiger partial charge >= 0.3 is 0 Å². The number of carbonyl (C=O) groups is 1. The number of amides is 1. The van der Waals surface area contributed by atoms with Gasteiger partial charge in [0.1, 0.15) is 5.69 Å². The Morgan fingerprint density at radius 2 is 1.65 bits per heavy atom. The molecule has 1 aromatic heterocycles. The smallest absolute Gasteiger partial charge is 0.242 e. The Kier molecular flexibility index (Phi) is 6.55. The van der Waals surface area contributed by atoms with E-state index in [2.05, 4.69) is 36.1 Å². The summed E-state index contributed by atoms with van der Waals surface area (Å²) in [5, 5.41) is 0. The van der Waals surface area contributed by atoms with Crippen LogP contribution >= 0.6 is 0 Å². The van der Waals surface area contributed by atoms with Crippen molar-refractivity contribution < 1.29 is 9.21 Å². The zero-order valence-corrected chi connectivity index (χ0v) is 18.3. The molecule has 0 bridgehead atoms. The summed E-state index contributed by atoms with van der Waals surface area (Å²) in [5.74, 6) is 1.49. The highest BCUT2D eigenvalue weighted by Gasteiger charge is 2.25. The lowest BCUT2D eigenvalue weighted by Gasteiger charge is -2.36. The van der Waals surface area contributed by atoms with Crippen LogP contribution in [0.4, 0.5) is 11.6 Å². The Morgan fingerprint density at radius 1 is 1.00 bits per heavy atom. The Morgan fingerprint density at radius 3 is 2.29 bits per heavy atom. The van der Waals surface area contributed by atoms with Crippen LogP contribution in [-0.2, 0) is 11.2 Å². The van der Waals surface area contributed by atoms with Crippen LogP contribution in [0.15, 0.2) is 65.1 Å². The number of oxazole rings is 1. The van der Waals surface area contributed by atoms with Gasteiger partial charge in [-0.25, -0.2) is 4.98 Å². The number of para-hydroxylation sites is 1. The van der Waals surface area contributed by atoms with E-state index in [4.69, 9.17) is 9.40 Å². The van der Waals surface area contributed by atoms with Crippen molar-refractivity contribution in [3.05, 3.63) is 66.6 Å². The fourth-order valence-corrected chi connectivity index (χ4v) is 3.95. The van der Waals surface area contributed by atoms with Crippen molar-refractivity contribution in [1.29, 1.82) is 0 Å². The molecule has 0 N–H and O–H groups in total. The quantitative estimate of drug-likeness (QED) is 0.579. The molecule has 0 radical (unpaired) electrons. The molecule has 1 saturated heterocycles. The number of nitrogens with zero attached hydrogens (tertiary/aromatic N) is 4. The Balaban J connectivity index is 1.42. The number of hydrogen-bond acceptors (Lipinski definition) is 5. The fraction of sp³-hybridized carbons (Fsp3) is 0.360. The second kappa shape index (κ2) is 9.69. The number of aromatic nitrogens is 1. The van der Waals surface area contributed by atoms with Gasteiger partial charge in [-0.3, -0.25) is 4.79 Å². The summed E-state index contributed by atoms with van der Waals surface area (Å²) in [6, 6.07) is 20.4. The first kappa shape index (κ1) is 21.0. The highest BCUT2D eigenvalue weighted by Crippen LogP contribution is 2.31. The van der Waals surface area contributed by atoms with E-state index in [0.29, 0.717) is 11.8 Å². The van der Waals surface area contributed by atoms with Crippen LogP contribution in [0.25, 0.3) is 11.3 Å². The SMILES string of the molecule is CCCc1nc(-c2ccccc2)c(N(C)CC(=O)N2CCN(c3ccccc3)CC2)o1. The van der Waals surface area contributed by atoms with Crippen LogP contribution in [0, 0.1) is 0 Å². The highest BCUT2D eigenvalue weighted by molar-refractivity contribution is 5.83. The van der Waals surface area contributed by atoms with E-state index in [1.165, 1.54) is 5.69 Å². The maximum Gasteiger partial charge on any atom is 0.242 e. The summed E-state index contributed by atoms with van der Waals surface area (Å²) in [4.78, 5) is 23.9. The Bertz CT molecular complexity index is 979. The third-order valence-electron chi connectivity index (χ3n) is 5.64. The van der Waals surface area contributed by atoms with Crippen LogP contribution in [0.2, 0.25) is 0 Å². The molecule has 3 aromatic rings. The molecule has 6 nitrogen and oxygen atoms in total. The molecule has 2 aromatic carbocycles. The fourth-order valence-electron chi connectivity index (χ4n) is 3.95. The summed E-state index contributed by atoms with van der Waals surface area (Å²) in [5.41, 5.74) is 3.01. The minimum atomic E-state index is 0.114. The molecule has 1 aliphatic heterocycles. The largest absolute Gasteiger partial charge is 0.424 e. The maximum atomic E-state index is 13.0. The standard InChI is InChI=1S/C25H30N4O2/c1-3-10-22-26-24(20-11-6-4-7-12-20)25(31-22)27(2)19-23(30)29-17-15-28(16-18-29)21-13-8-5-9-14-21/h4-9,11-14H,3,10,15-19H2,1-2H3.